The predicted octanol–water partition coefficient (Wildman–Crippen LogP) is 4.96. The van der Waals surface area contributed by atoms with Crippen molar-refractivity contribution in [1.29, 1.82) is 0 Å². The maximum Gasteiger partial charge on any atom is 0.269 e. The molecule has 5 rings (SSSR count). The van der Waals surface area contributed by atoms with Gasteiger partial charge in [0.05, 0.1) is 35.4 Å². The molecule has 5 aromatic rings. The highest BCUT2D eigenvalue weighted by Gasteiger charge is 2.23. The summed E-state index contributed by atoms with van der Waals surface area (Å²) in [7, 11) is 1.53. The minimum absolute atomic E-state index is 0.0815. The van der Waals surface area contributed by atoms with Crippen molar-refractivity contribution in [2.75, 3.05) is 45.0 Å². The number of rotatable bonds is 13. The fraction of sp³-hybridized carbons (Fsp3) is 0.233. The van der Waals surface area contributed by atoms with E-state index in [0.717, 1.165) is 22.5 Å². The van der Waals surface area contributed by atoms with Gasteiger partial charge in [-0.3, -0.25) is 4.79 Å². The summed E-state index contributed by atoms with van der Waals surface area (Å²) in [6, 6.07) is 15.2. The Morgan fingerprint density at radius 3 is 2.52 bits per heavy atom. The Balaban J connectivity index is 1.58. The number of primary amides is 1. The molecule has 0 saturated heterocycles. The van der Waals surface area contributed by atoms with Gasteiger partial charge in [0, 0.05) is 18.8 Å². The number of nitrogens with one attached hydrogen (secondary N) is 2. The Labute approximate surface area is 259 Å². The van der Waals surface area contributed by atoms with Crippen molar-refractivity contribution in [3.05, 3.63) is 76.6 Å². The van der Waals surface area contributed by atoms with E-state index in [1.165, 1.54) is 24.6 Å². The molecule has 0 unspecified atom stereocenters. The van der Waals surface area contributed by atoms with Crippen LogP contribution in [0.3, 0.4) is 0 Å². The molecule has 0 aliphatic rings. The first-order valence-electron chi connectivity index (χ1n) is 13.6. The number of amides is 1. The molecule has 44 heavy (non-hydrogen) atoms. The Morgan fingerprint density at radius 1 is 1.05 bits per heavy atom. The summed E-state index contributed by atoms with van der Waals surface area (Å²) >= 11 is 1.18. The highest BCUT2D eigenvalue weighted by atomic mass is 32.2. The van der Waals surface area contributed by atoms with Crippen LogP contribution in [-0.2, 0) is 10.0 Å². The minimum atomic E-state index is -4.02. The third kappa shape index (κ3) is 6.61. The van der Waals surface area contributed by atoms with Gasteiger partial charge in [0.1, 0.15) is 22.2 Å². The number of benzene rings is 2. The average Bonchev–Trinajstić information content (AvgIpc) is 3.63. The van der Waals surface area contributed by atoms with Gasteiger partial charge in [0.15, 0.2) is 5.65 Å². The lowest BCUT2D eigenvalue weighted by molar-refractivity contribution is 0.100. The van der Waals surface area contributed by atoms with Crippen molar-refractivity contribution in [2.24, 2.45) is 5.73 Å². The van der Waals surface area contributed by atoms with Crippen molar-refractivity contribution >= 4 is 61.4 Å². The number of nitrogens with two attached hydrogens (primary N) is 1. The number of carbonyl (C=O) groups excluding carboxylic acids is 1. The number of carbonyl (C=O) groups is 1. The summed E-state index contributed by atoms with van der Waals surface area (Å²) in [6.45, 7) is 3.29. The van der Waals surface area contributed by atoms with Crippen LogP contribution >= 0.6 is 11.3 Å². The Morgan fingerprint density at radius 2 is 1.82 bits per heavy atom. The normalized spacial score (nSPS) is 11.6. The third-order valence-electron chi connectivity index (χ3n) is 6.67. The first-order valence-corrected chi connectivity index (χ1v) is 16.0. The molecule has 4 N–H and O–H groups in total. The lowest BCUT2D eigenvalue weighted by Gasteiger charge is -2.15. The van der Waals surface area contributed by atoms with E-state index < -0.39 is 15.9 Å². The zero-order chi connectivity index (χ0) is 31.4. The number of methoxy groups -OCH3 is 1. The van der Waals surface area contributed by atoms with Crippen molar-refractivity contribution in [2.45, 2.75) is 18.2 Å². The van der Waals surface area contributed by atoms with Crippen LogP contribution < -0.4 is 25.8 Å². The summed E-state index contributed by atoms with van der Waals surface area (Å²) in [6.07, 6.45) is 2.27. The fourth-order valence-electron chi connectivity index (χ4n) is 4.45. The molecule has 0 radical (unpaired) electrons. The van der Waals surface area contributed by atoms with Gasteiger partial charge in [-0.2, -0.15) is 9.97 Å². The molecule has 0 atom stereocenters. The molecule has 12 nitrogen and oxygen atoms in total. The number of aromatic nitrogens is 3. The maximum absolute atomic E-state index is 13.7. The van der Waals surface area contributed by atoms with E-state index in [0.29, 0.717) is 39.7 Å². The van der Waals surface area contributed by atoms with Crippen LogP contribution in [0, 0.1) is 6.92 Å². The second-order valence-electron chi connectivity index (χ2n) is 10.2. The number of anilines is 4. The molecule has 0 spiro atoms. The third-order valence-corrected chi connectivity index (χ3v) is 9.28. The molecule has 1 amide bonds. The minimum Gasteiger partial charge on any atom is -0.495 e. The molecule has 2 aromatic carbocycles. The van der Waals surface area contributed by atoms with E-state index in [9.17, 15) is 13.2 Å². The second kappa shape index (κ2) is 12.9. The van der Waals surface area contributed by atoms with E-state index >= 15 is 0 Å². The average molecular weight is 636 g/mol. The molecular formula is C30H33N7O5S2. The number of hydrogen-bond acceptors (Lipinski definition) is 11. The second-order valence-corrected chi connectivity index (χ2v) is 12.9. The van der Waals surface area contributed by atoms with Gasteiger partial charge in [-0.25, -0.2) is 12.4 Å². The summed E-state index contributed by atoms with van der Waals surface area (Å²) in [5.41, 5.74) is 7.57. The van der Waals surface area contributed by atoms with Gasteiger partial charge in [-0.1, -0.05) is 17.7 Å². The Hall–Kier alpha value is -4.66. The zero-order valence-electron chi connectivity index (χ0n) is 24.7. The van der Waals surface area contributed by atoms with Crippen LogP contribution in [0.25, 0.3) is 11.0 Å². The summed E-state index contributed by atoms with van der Waals surface area (Å²) in [4.78, 5) is 23.8. The van der Waals surface area contributed by atoms with E-state index in [-0.39, 0.29) is 22.3 Å². The van der Waals surface area contributed by atoms with Crippen LogP contribution in [0.2, 0.25) is 0 Å². The first kappa shape index (κ1) is 30.8. The van der Waals surface area contributed by atoms with Gasteiger partial charge >= 0.3 is 0 Å². The lowest BCUT2D eigenvalue weighted by Crippen LogP contribution is -2.15. The molecule has 3 aromatic heterocycles. The molecule has 0 aliphatic heterocycles. The van der Waals surface area contributed by atoms with Crippen LogP contribution in [0.15, 0.2) is 71.1 Å². The topological polar surface area (TPSA) is 154 Å². The molecule has 14 heteroatoms. The van der Waals surface area contributed by atoms with E-state index in [4.69, 9.17) is 15.2 Å². The number of nitrogens with zero attached hydrogens (tertiary/aromatic N) is 4. The van der Waals surface area contributed by atoms with Gasteiger partial charge in [0.2, 0.25) is 5.95 Å². The Kier molecular flexibility index (Phi) is 9.04. The fourth-order valence-corrected chi connectivity index (χ4v) is 6.45. The van der Waals surface area contributed by atoms with Crippen molar-refractivity contribution in [1.82, 2.24) is 18.8 Å². The summed E-state index contributed by atoms with van der Waals surface area (Å²) in [5.74, 6) is 0.864. The lowest BCUT2D eigenvalue weighted by atomic mass is 10.2. The van der Waals surface area contributed by atoms with E-state index in [2.05, 4.69) is 25.5 Å². The highest BCUT2D eigenvalue weighted by molar-refractivity contribution is 7.90. The van der Waals surface area contributed by atoms with E-state index in [1.807, 2.05) is 21.0 Å². The van der Waals surface area contributed by atoms with Crippen molar-refractivity contribution < 1.29 is 22.7 Å². The molecule has 0 fully saturated rings. The highest BCUT2D eigenvalue weighted by Crippen LogP contribution is 2.35. The SMILES string of the molecule is COc1ccc(OCCCN(C)C)cc1Nc1nc(Nc2ccsc2C(N)=O)c2ccn(S(=O)(=O)c3ccc(C)cc3)c2n1. The van der Waals surface area contributed by atoms with Gasteiger partial charge in [-0.05, 0) is 69.2 Å². The Bertz CT molecular complexity index is 1900. The molecular weight excluding hydrogens is 603 g/mol. The van der Waals surface area contributed by atoms with Gasteiger partial charge in [-0.15, -0.1) is 11.3 Å². The van der Waals surface area contributed by atoms with Crippen LogP contribution in [0.1, 0.15) is 21.7 Å². The molecule has 0 aliphatic carbocycles. The number of thiophene rings is 1. The zero-order valence-corrected chi connectivity index (χ0v) is 26.3. The summed E-state index contributed by atoms with van der Waals surface area (Å²) < 4.78 is 40.1. The number of fused-ring (bicyclic) bond motifs is 1. The van der Waals surface area contributed by atoms with Crippen molar-refractivity contribution in [3.63, 3.8) is 0 Å². The standard InChI is InChI=1S/C30H33N7O5S2/c1-19-6-9-21(10-7-19)44(39,40)37-15-12-22-28(32-23-13-17-43-26(23)27(31)38)34-30(35-29(22)37)33-24-18-20(8-11-25(24)41-4)42-16-5-14-36(2)3/h6-13,15,17-18H,5,14,16H2,1-4H3,(H2,31,38)(H2,32,33,34,35). The smallest absolute Gasteiger partial charge is 0.269 e. The van der Waals surface area contributed by atoms with Gasteiger partial charge in [0.25, 0.3) is 15.9 Å². The largest absolute Gasteiger partial charge is 0.495 e. The summed E-state index contributed by atoms with van der Waals surface area (Å²) in [5, 5.41) is 8.45. The number of aryl methyl sites for hydroxylation is 1. The number of ether oxygens (including phenoxy) is 2. The molecule has 0 saturated carbocycles. The molecule has 3 heterocycles. The number of hydrogen-bond donors (Lipinski definition) is 3. The quantitative estimate of drug-likeness (QED) is 0.151. The van der Waals surface area contributed by atoms with Gasteiger partial charge < -0.3 is 30.7 Å². The van der Waals surface area contributed by atoms with E-state index in [1.54, 1.807) is 60.0 Å². The van der Waals surface area contributed by atoms with Crippen LogP contribution in [0.5, 0.6) is 11.5 Å². The maximum atomic E-state index is 13.7. The predicted molar refractivity (Wildman–Crippen MR) is 172 cm³/mol. The molecule has 0 bridgehead atoms. The first-order chi connectivity index (χ1) is 21.1. The monoisotopic (exact) mass is 635 g/mol. The molecule has 230 valence electrons. The van der Waals surface area contributed by atoms with Crippen LogP contribution in [-0.4, -0.2) is 67.5 Å². The van der Waals surface area contributed by atoms with Crippen LogP contribution in [0.4, 0.5) is 23.1 Å². The van der Waals surface area contributed by atoms with Crippen molar-refractivity contribution in [3.8, 4) is 11.5 Å².